The molecule has 2 rings (SSSR count). The van der Waals surface area contributed by atoms with Crippen LogP contribution in [0.2, 0.25) is 0 Å². The molecule has 1 aliphatic rings. The third kappa shape index (κ3) is 2.69. The van der Waals surface area contributed by atoms with Crippen molar-refractivity contribution in [3.05, 3.63) is 23.7 Å². The zero-order valence-electron chi connectivity index (χ0n) is 10.5. The van der Waals surface area contributed by atoms with Crippen molar-refractivity contribution >= 4 is 5.91 Å². The molecule has 94 valence electrons. The Bertz CT molecular complexity index is 379. The Balaban J connectivity index is 2.06. The van der Waals surface area contributed by atoms with Gasteiger partial charge in [-0.25, -0.2) is 0 Å². The fraction of sp³-hybridized carbons (Fsp3) is 0.615. The van der Waals surface area contributed by atoms with Crippen LogP contribution in [0.3, 0.4) is 0 Å². The molecule has 0 spiro atoms. The average Bonchev–Trinajstić information content (AvgIpc) is 2.60. The summed E-state index contributed by atoms with van der Waals surface area (Å²) in [6.07, 6.45) is 4.78. The van der Waals surface area contributed by atoms with Gasteiger partial charge in [-0.3, -0.25) is 4.79 Å². The van der Waals surface area contributed by atoms with Gasteiger partial charge < -0.3 is 14.6 Å². The monoisotopic (exact) mass is 236 g/mol. The van der Waals surface area contributed by atoms with E-state index in [9.17, 15) is 4.79 Å². The minimum absolute atomic E-state index is 0.000556. The Labute approximate surface area is 102 Å². The van der Waals surface area contributed by atoms with Crippen molar-refractivity contribution in [3.8, 4) is 0 Å². The van der Waals surface area contributed by atoms with E-state index in [1.165, 1.54) is 0 Å². The summed E-state index contributed by atoms with van der Waals surface area (Å²) in [6.45, 7) is 3.94. The molecule has 1 aromatic rings. The van der Waals surface area contributed by atoms with Crippen LogP contribution in [0.4, 0.5) is 0 Å². The van der Waals surface area contributed by atoms with Crippen molar-refractivity contribution in [3.63, 3.8) is 0 Å². The lowest BCUT2D eigenvalue weighted by Crippen LogP contribution is -2.37. The van der Waals surface area contributed by atoms with Crippen LogP contribution < -0.4 is 5.32 Å². The van der Waals surface area contributed by atoms with E-state index in [4.69, 9.17) is 4.42 Å². The van der Waals surface area contributed by atoms with Crippen LogP contribution >= 0.6 is 0 Å². The fourth-order valence-corrected chi connectivity index (χ4v) is 2.31. The fourth-order valence-electron chi connectivity index (χ4n) is 2.31. The van der Waals surface area contributed by atoms with Gasteiger partial charge in [0.2, 0.25) is 0 Å². The summed E-state index contributed by atoms with van der Waals surface area (Å²) in [5.74, 6) is 0.476. The molecule has 1 aliphatic heterocycles. The molecule has 0 aromatic carbocycles. The predicted molar refractivity (Wildman–Crippen MR) is 66.0 cm³/mol. The molecule has 1 unspecified atom stereocenters. The average molecular weight is 236 g/mol. The van der Waals surface area contributed by atoms with Gasteiger partial charge in [0.15, 0.2) is 5.76 Å². The molecule has 1 amide bonds. The van der Waals surface area contributed by atoms with Crippen molar-refractivity contribution in [1.82, 2.24) is 10.2 Å². The van der Waals surface area contributed by atoms with Gasteiger partial charge in [-0.15, -0.1) is 0 Å². The lowest BCUT2D eigenvalue weighted by Gasteiger charge is -2.26. The number of furan rings is 1. The Hall–Kier alpha value is -1.29. The van der Waals surface area contributed by atoms with E-state index >= 15 is 0 Å². The van der Waals surface area contributed by atoms with Crippen LogP contribution in [0.1, 0.15) is 35.4 Å². The molecule has 1 N–H and O–H groups in total. The highest BCUT2D eigenvalue weighted by Gasteiger charge is 2.24. The highest BCUT2D eigenvalue weighted by atomic mass is 16.3. The van der Waals surface area contributed by atoms with E-state index in [1.807, 2.05) is 24.9 Å². The number of carbonyl (C=O) groups is 1. The normalized spacial score (nSPS) is 20.9. The smallest absolute Gasteiger partial charge is 0.289 e. The summed E-state index contributed by atoms with van der Waals surface area (Å²) in [5.41, 5.74) is 0.911. The van der Waals surface area contributed by atoms with Crippen LogP contribution in [0.15, 0.2) is 16.7 Å². The predicted octanol–water partition coefficient (Wildman–Crippen LogP) is 1.80. The maximum absolute atomic E-state index is 12.2. The SMILES string of the molecule is Cc1ccoc1C(=O)N(C)C1CCCNCC1. The minimum atomic E-state index is -0.000556. The number of nitrogens with zero attached hydrogens (tertiary/aromatic N) is 1. The second kappa shape index (κ2) is 5.36. The van der Waals surface area contributed by atoms with Crippen molar-refractivity contribution in [2.75, 3.05) is 20.1 Å². The molecule has 4 nitrogen and oxygen atoms in total. The number of nitrogens with one attached hydrogen (secondary N) is 1. The quantitative estimate of drug-likeness (QED) is 0.851. The molecule has 1 aromatic heterocycles. The number of hydrogen-bond acceptors (Lipinski definition) is 3. The first-order valence-electron chi connectivity index (χ1n) is 6.22. The summed E-state index contributed by atoms with van der Waals surface area (Å²) in [6, 6.07) is 2.15. The van der Waals surface area contributed by atoms with Gasteiger partial charge in [-0.2, -0.15) is 0 Å². The largest absolute Gasteiger partial charge is 0.459 e. The summed E-state index contributed by atoms with van der Waals surface area (Å²) in [5, 5.41) is 3.36. The molecule has 1 fully saturated rings. The first kappa shape index (κ1) is 12.2. The van der Waals surface area contributed by atoms with Gasteiger partial charge in [0, 0.05) is 18.7 Å². The second-order valence-electron chi connectivity index (χ2n) is 4.68. The zero-order valence-corrected chi connectivity index (χ0v) is 10.5. The molecule has 1 atom stereocenters. The highest BCUT2D eigenvalue weighted by Crippen LogP contribution is 2.17. The summed E-state index contributed by atoms with van der Waals surface area (Å²) in [4.78, 5) is 14.1. The molecular formula is C13H20N2O2. The summed E-state index contributed by atoms with van der Waals surface area (Å²) < 4.78 is 5.26. The van der Waals surface area contributed by atoms with Crippen LogP contribution in [-0.4, -0.2) is 37.0 Å². The number of aryl methyl sites for hydroxylation is 1. The van der Waals surface area contributed by atoms with Gasteiger partial charge in [0.05, 0.1) is 6.26 Å². The zero-order chi connectivity index (χ0) is 12.3. The Kier molecular flexibility index (Phi) is 3.84. The number of amides is 1. The van der Waals surface area contributed by atoms with E-state index in [-0.39, 0.29) is 5.91 Å². The van der Waals surface area contributed by atoms with E-state index < -0.39 is 0 Å². The number of rotatable bonds is 2. The van der Waals surface area contributed by atoms with Gasteiger partial charge in [-0.05, 0) is 45.3 Å². The standard InChI is InChI=1S/C13H20N2O2/c1-10-6-9-17-12(10)13(16)15(2)11-4-3-7-14-8-5-11/h6,9,11,14H,3-5,7-8H2,1-2H3. The molecular weight excluding hydrogens is 216 g/mol. The summed E-state index contributed by atoms with van der Waals surface area (Å²) in [7, 11) is 1.88. The van der Waals surface area contributed by atoms with Crippen molar-refractivity contribution < 1.29 is 9.21 Å². The molecule has 0 bridgehead atoms. The van der Waals surface area contributed by atoms with E-state index in [0.717, 1.165) is 37.9 Å². The number of hydrogen-bond donors (Lipinski definition) is 1. The molecule has 0 saturated carbocycles. The Morgan fingerprint density at radius 3 is 3.00 bits per heavy atom. The molecule has 17 heavy (non-hydrogen) atoms. The van der Waals surface area contributed by atoms with E-state index in [0.29, 0.717) is 11.8 Å². The second-order valence-corrected chi connectivity index (χ2v) is 4.68. The maximum Gasteiger partial charge on any atom is 0.289 e. The van der Waals surface area contributed by atoms with E-state index in [1.54, 1.807) is 6.26 Å². The highest BCUT2D eigenvalue weighted by molar-refractivity contribution is 5.92. The van der Waals surface area contributed by atoms with Crippen molar-refractivity contribution in [1.29, 1.82) is 0 Å². The lowest BCUT2D eigenvalue weighted by molar-refractivity contribution is 0.0687. The molecule has 1 saturated heterocycles. The minimum Gasteiger partial charge on any atom is -0.459 e. The first-order valence-corrected chi connectivity index (χ1v) is 6.22. The maximum atomic E-state index is 12.2. The topological polar surface area (TPSA) is 45.5 Å². The van der Waals surface area contributed by atoms with Crippen LogP contribution in [-0.2, 0) is 0 Å². The molecule has 0 radical (unpaired) electrons. The Morgan fingerprint density at radius 1 is 1.47 bits per heavy atom. The van der Waals surface area contributed by atoms with Crippen LogP contribution in [0.25, 0.3) is 0 Å². The lowest BCUT2D eigenvalue weighted by atomic mass is 10.1. The molecule has 4 heteroatoms. The van der Waals surface area contributed by atoms with Crippen molar-refractivity contribution in [2.45, 2.75) is 32.2 Å². The third-order valence-electron chi connectivity index (χ3n) is 3.47. The van der Waals surface area contributed by atoms with Crippen LogP contribution in [0.5, 0.6) is 0 Å². The van der Waals surface area contributed by atoms with Gasteiger partial charge in [-0.1, -0.05) is 0 Å². The van der Waals surface area contributed by atoms with E-state index in [2.05, 4.69) is 5.32 Å². The molecule has 2 heterocycles. The molecule has 0 aliphatic carbocycles. The third-order valence-corrected chi connectivity index (χ3v) is 3.47. The van der Waals surface area contributed by atoms with Gasteiger partial charge in [0.1, 0.15) is 0 Å². The number of carbonyl (C=O) groups excluding carboxylic acids is 1. The van der Waals surface area contributed by atoms with Gasteiger partial charge >= 0.3 is 0 Å². The van der Waals surface area contributed by atoms with Crippen molar-refractivity contribution in [2.24, 2.45) is 0 Å². The summed E-state index contributed by atoms with van der Waals surface area (Å²) >= 11 is 0. The van der Waals surface area contributed by atoms with Gasteiger partial charge in [0.25, 0.3) is 5.91 Å². The van der Waals surface area contributed by atoms with Crippen LogP contribution in [0, 0.1) is 6.92 Å². The first-order chi connectivity index (χ1) is 8.20. The Morgan fingerprint density at radius 2 is 2.29 bits per heavy atom.